The van der Waals surface area contributed by atoms with Gasteiger partial charge in [-0.15, -0.1) is 0 Å². The van der Waals surface area contributed by atoms with Crippen molar-refractivity contribution in [1.29, 1.82) is 0 Å². The molecule has 0 amide bonds. The molecule has 106 valence electrons. The number of aryl methyl sites for hydroxylation is 1. The molecule has 1 aromatic carbocycles. The van der Waals surface area contributed by atoms with Crippen LogP contribution in [0.5, 0.6) is 11.5 Å². The van der Waals surface area contributed by atoms with Crippen molar-refractivity contribution in [2.45, 2.75) is 19.3 Å². The second-order valence-corrected chi connectivity index (χ2v) is 4.27. The molecule has 0 spiro atoms. The number of rotatable bonds is 6. The molecule has 0 aliphatic rings. The van der Waals surface area contributed by atoms with Crippen LogP contribution >= 0.6 is 0 Å². The molecule has 0 unspecified atom stereocenters. The maximum atomic E-state index is 10.4. The van der Waals surface area contributed by atoms with Gasteiger partial charge in [0.15, 0.2) is 0 Å². The van der Waals surface area contributed by atoms with Gasteiger partial charge < -0.3 is 19.4 Å². The largest absolute Gasteiger partial charge is 0.507 e. The van der Waals surface area contributed by atoms with Crippen molar-refractivity contribution in [3.63, 3.8) is 0 Å². The Labute approximate surface area is 115 Å². The number of nitrogens with zero attached hydrogens (tertiary/aromatic N) is 1. The van der Waals surface area contributed by atoms with Gasteiger partial charge in [0, 0.05) is 12.5 Å². The molecular formula is C14H15NO5. The van der Waals surface area contributed by atoms with Gasteiger partial charge in [0.05, 0.1) is 18.4 Å². The molecule has 1 aromatic heterocycles. The van der Waals surface area contributed by atoms with Crippen molar-refractivity contribution in [1.82, 2.24) is 4.98 Å². The van der Waals surface area contributed by atoms with Crippen molar-refractivity contribution in [3.8, 4) is 23.0 Å². The lowest BCUT2D eigenvalue weighted by Crippen LogP contribution is -1.96. The molecule has 0 aliphatic carbocycles. The van der Waals surface area contributed by atoms with Gasteiger partial charge >= 0.3 is 5.97 Å². The fourth-order valence-electron chi connectivity index (χ4n) is 1.79. The van der Waals surface area contributed by atoms with E-state index in [0.29, 0.717) is 35.7 Å². The van der Waals surface area contributed by atoms with Gasteiger partial charge in [-0.1, -0.05) is 0 Å². The summed E-state index contributed by atoms with van der Waals surface area (Å²) in [7, 11) is 1.51. The minimum atomic E-state index is -0.832. The van der Waals surface area contributed by atoms with Crippen molar-refractivity contribution in [2.24, 2.45) is 0 Å². The number of benzene rings is 1. The van der Waals surface area contributed by atoms with Gasteiger partial charge in [0.1, 0.15) is 17.8 Å². The molecule has 2 rings (SSSR count). The highest BCUT2D eigenvalue weighted by Crippen LogP contribution is 2.31. The third-order valence-corrected chi connectivity index (χ3v) is 2.81. The fourth-order valence-corrected chi connectivity index (χ4v) is 1.79. The quantitative estimate of drug-likeness (QED) is 0.842. The number of carbonyl (C=O) groups is 1. The Hall–Kier alpha value is -2.50. The first-order valence-electron chi connectivity index (χ1n) is 6.13. The number of oxazole rings is 1. The Morgan fingerprint density at radius 1 is 1.45 bits per heavy atom. The highest BCUT2D eigenvalue weighted by Gasteiger charge is 2.12. The van der Waals surface area contributed by atoms with E-state index in [0.717, 1.165) is 0 Å². The zero-order valence-corrected chi connectivity index (χ0v) is 11.0. The van der Waals surface area contributed by atoms with Crippen LogP contribution < -0.4 is 4.74 Å². The number of hydrogen-bond acceptors (Lipinski definition) is 5. The maximum Gasteiger partial charge on any atom is 0.303 e. The maximum absolute atomic E-state index is 10.4. The van der Waals surface area contributed by atoms with Gasteiger partial charge in [0.25, 0.3) is 0 Å². The summed E-state index contributed by atoms with van der Waals surface area (Å²) in [6.45, 7) is 0. The molecule has 20 heavy (non-hydrogen) atoms. The Balaban J connectivity index is 2.10. The number of phenols is 1. The van der Waals surface area contributed by atoms with Gasteiger partial charge in [-0.05, 0) is 25.0 Å². The zero-order valence-electron chi connectivity index (χ0n) is 11.0. The summed E-state index contributed by atoms with van der Waals surface area (Å²) < 4.78 is 10.3. The number of ether oxygens (including phenoxy) is 1. The molecule has 0 fully saturated rings. The molecule has 0 saturated carbocycles. The topological polar surface area (TPSA) is 92.8 Å². The third kappa shape index (κ3) is 3.28. The van der Waals surface area contributed by atoms with Crippen LogP contribution in [-0.2, 0) is 11.2 Å². The first-order chi connectivity index (χ1) is 9.60. The van der Waals surface area contributed by atoms with Crippen LogP contribution in [-0.4, -0.2) is 28.3 Å². The number of carboxylic acid groups (broad SMARTS) is 1. The van der Waals surface area contributed by atoms with Gasteiger partial charge in [-0.25, -0.2) is 4.98 Å². The first kappa shape index (κ1) is 13.9. The van der Waals surface area contributed by atoms with E-state index in [9.17, 15) is 9.90 Å². The summed E-state index contributed by atoms with van der Waals surface area (Å²) in [6.07, 6.45) is 2.58. The van der Waals surface area contributed by atoms with Gasteiger partial charge in [0.2, 0.25) is 5.89 Å². The summed E-state index contributed by atoms with van der Waals surface area (Å²) in [5, 5.41) is 18.4. The Morgan fingerprint density at radius 2 is 2.25 bits per heavy atom. The van der Waals surface area contributed by atoms with Crippen molar-refractivity contribution >= 4 is 5.97 Å². The lowest BCUT2D eigenvalue weighted by atomic mass is 10.2. The average molecular weight is 277 g/mol. The minimum Gasteiger partial charge on any atom is -0.507 e. The number of hydrogen-bond donors (Lipinski definition) is 2. The molecule has 1 heterocycles. The number of carboxylic acids is 1. The normalized spacial score (nSPS) is 10.4. The zero-order chi connectivity index (χ0) is 14.5. The van der Waals surface area contributed by atoms with Gasteiger partial charge in [-0.2, -0.15) is 0 Å². The van der Waals surface area contributed by atoms with E-state index in [2.05, 4.69) is 4.98 Å². The van der Waals surface area contributed by atoms with Crippen molar-refractivity contribution in [2.75, 3.05) is 7.11 Å². The van der Waals surface area contributed by atoms with Crippen LogP contribution in [0.15, 0.2) is 28.9 Å². The van der Waals surface area contributed by atoms with Crippen LogP contribution in [0.2, 0.25) is 0 Å². The Morgan fingerprint density at radius 3 is 2.90 bits per heavy atom. The molecule has 0 saturated heterocycles. The molecule has 0 aliphatic heterocycles. The van der Waals surface area contributed by atoms with Crippen LogP contribution in [0.25, 0.3) is 11.5 Å². The van der Waals surface area contributed by atoms with E-state index in [1.54, 1.807) is 12.1 Å². The Bertz CT molecular complexity index is 605. The molecule has 0 atom stereocenters. The molecule has 0 radical (unpaired) electrons. The molecule has 2 N–H and O–H groups in total. The molecule has 6 heteroatoms. The summed E-state index contributed by atoms with van der Waals surface area (Å²) in [5.74, 6) is 0.0276. The monoisotopic (exact) mass is 277 g/mol. The molecule has 6 nitrogen and oxygen atoms in total. The summed E-state index contributed by atoms with van der Waals surface area (Å²) in [5.41, 5.74) is 1.13. The summed E-state index contributed by atoms with van der Waals surface area (Å²) in [6, 6.07) is 4.83. The lowest BCUT2D eigenvalue weighted by molar-refractivity contribution is -0.137. The number of aromatic hydroxyl groups is 1. The van der Waals surface area contributed by atoms with Gasteiger partial charge in [-0.3, -0.25) is 4.79 Å². The van der Waals surface area contributed by atoms with E-state index < -0.39 is 5.97 Å². The molecular weight excluding hydrogens is 262 g/mol. The summed E-state index contributed by atoms with van der Waals surface area (Å²) >= 11 is 0. The summed E-state index contributed by atoms with van der Waals surface area (Å²) in [4.78, 5) is 14.7. The Kier molecular flexibility index (Phi) is 4.24. The highest BCUT2D eigenvalue weighted by atomic mass is 16.5. The number of aromatic nitrogens is 1. The second-order valence-electron chi connectivity index (χ2n) is 4.27. The smallest absolute Gasteiger partial charge is 0.303 e. The van der Waals surface area contributed by atoms with Crippen LogP contribution in [0.3, 0.4) is 0 Å². The predicted molar refractivity (Wildman–Crippen MR) is 70.7 cm³/mol. The first-order valence-corrected chi connectivity index (χ1v) is 6.13. The lowest BCUT2D eigenvalue weighted by Gasteiger charge is -2.03. The van der Waals surface area contributed by atoms with Crippen LogP contribution in [0, 0.1) is 0 Å². The van der Waals surface area contributed by atoms with E-state index in [1.807, 2.05) is 0 Å². The number of aliphatic carboxylic acids is 1. The van der Waals surface area contributed by atoms with E-state index >= 15 is 0 Å². The van der Waals surface area contributed by atoms with Crippen LogP contribution in [0.4, 0.5) is 0 Å². The number of methoxy groups -OCH3 is 1. The fraction of sp³-hybridized carbons (Fsp3) is 0.286. The second kappa shape index (κ2) is 6.10. The molecule has 2 aromatic rings. The minimum absolute atomic E-state index is 0.0169. The van der Waals surface area contributed by atoms with Crippen LogP contribution in [0.1, 0.15) is 18.5 Å². The average Bonchev–Trinajstić information content (AvgIpc) is 2.86. The third-order valence-electron chi connectivity index (χ3n) is 2.81. The number of phenolic OH excluding ortho intramolecular Hbond substituents is 1. The SMILES string of the molecule is COc1ccc(-c2nc(CCCC(=O)O)co2)c(O)c1. The highest BCUT2D eigenvalue weighted by molar-refractivity contribution is 5.66. The van der Waals surface area contributed by atoms with E-state index in [1.165, 1.54) is 19.4 Å². The molecule has 0 bridgehead atoms. The predicted octanol–water partition coefficient (Wildman–Crippen LogP) is 2.46. The van der Waals surface area contributed by atoms with Crippen molar-refractivity contribution < 1.29 is 24.2 Å². The van der Waals surface area contributed by atoms with Crippen molar-refractivity contribution in [3.05, 3.63) is 30.2 Å². The van der Waals surface area contributed by atoms with E-state index in [4.69, 9.17) is 14.3 Å². The van der Waals surface area contributed by atoms with E-state index in [-0.39, 0.29) is 12.2 Å². The standard InChI is InChI=1S/C14H15NO5/c1-19-10-5-6-11(12(16)7-10)14-15-9(8-20-14)3-2-4-13(17)18/h5-8,16H,2-4H2,1H3,(H,17,18).